The van der Waals surface area contributed by atoms with Crippen LogP contribution in [0.2, 0.25) is 0 Å². The van der Waals surface area contributed by atoms with Crippen molar-refractivity contribution in [3.05, 3.63) is 53.7 Å². The molecule has 0 radical (unpaired) electrons. The molecule has 1 N–H and O–H groups in total. The molecule has 3 amide bonds. The number of nitrogens with zero attached hydrogens (tertiary/aromatic N) is 3. The lowest BCUT2D eigenvalue weighted by atomic mass is 9.83. The third-order valence-corrected chi connectivity index (χ3v) is 6.04. The number of benzene rings is 1. The van der Waals surface area contributed by atoms with Gasteiger partial charge in [0.1, 0.15) is 12.4 Å². The number of nitrogens with one attached hydrogen (secondary N) is 1. The summed E-state index contributed by atoms with van der Waals surface area (Å²) in [4.78, 5) is 45.5. The first-order chi connectivity index (χ1) is 15.2. The Balaban J connectivity index is 1.71. The van der Waals surface area contributed by atoms with E-state index in [9.17, 15) is 14.4 Å². The molecule has 0 bridgehead atoms. The number of likely N-dealkylation sites (N-methyl/N-ethyl adjacent to an activating group) is 1. The average molecular weight is 437 g/mol. The Morgan fingerprint density at radius 3 is 2.66 bits per heavy atom. The lowest BCUT2D eigenvalue weighted by Crippen LogP contribution is -2.50. The maximum Gasteiger partial charge on any atom is 0.246 e. The first-order valence-corrected chi connectivity index (χ1v) is 11.1. The maximum absolute atomic E-state index is 12.9. The summed E-state index contributed by atoms with van der Waals surface area (Å²) in [7, 11) is 1.71. The van der Waals surface area contributed by atoms with Gasteiger partial charge in [0.2, 0.25) is 17.7 Å². The van der Waals surface area contributed by atoms with Gasteiger partial charge < -0.3 is 15.1 Å². The average Bonchev–Trinajstić information content (AvgIpc) is 2.77. The second-order valence-electron chi connectivity index (χ2n) is 8.91. The van der Waals surface area contributed by atoms with Crippen molar-refractivity contribution in [3.8, 4) is 0 Å². The molecule has 2 aromatic rings. The fourth-order valence-corrected chi connectivity index (χ4v) is 4.04. The van der Waals surface area contributed by atoms with Crippen LogP contribution in [0.4, 0.5) is 11.5 Å². The van der Waals surface area contributed by atoms with Crippen molar-refractivity contribution in [1.29, 1.82) is 0 Å². The summed E-state index contributed by atoms with van der Waals surface area (Å²) in [5, 5.41) is 2.81. The van der Waals surface area contributed by atoms with Crippen molar-refractivity contribution >= 4 is 29.2 Å². The highest BCUT2D eigenvalue weighted by Crippen LogP contribution is 2.30. The van der Waals surface area contributed by atoms with Crippen LogP contribution in [-0.4, -0.2) is 47.7 Å². The third kappa shape index (κ3) is 5.52. The predicted molar refractivity (Wildman–Crippen MR) is 125 cm³/mol. The Bertz CT molecular complexity index is 988. The van der Waals surface area contributed by atoms with Crippen LogP contribution in [0.5, 0.6) is 0 Å². The van der Waals surface area contributed by atoms with Gasteiger partial charge in [-0.05, 0) is 54.7 Å². The highest BCUT2D eigenvalue weighted by atomic mass is 16.2. The number of anilines is 2. The number of likely N-dealkylation sites (tertiary alicyclic amines) is 1. The molecule has 32 heavy (non-hydrogen) atoms. The van der Waals surface area contributed by atoms with Crippen LogP contribution in [0.1, 0.15) is 44.7 Å². The van der Waals surface area contributed by atoms with E-state index in [4.69, 9.17) is 0 Å². The van der Waals surface area contributed by atoms with Crippen molar-refractivity contribution in [2.45, 2.75) is 46.5 Å². The van der Waals surface area contributed by atoms with E-state index in [0.29, 0.717) is 18.1 Å². The fraction of sp³-hybridized carbons (Fsp3) is 0.440. The number of amides is 3. The Hall–Kier alpha value is -3.22. The monoisotopic (exact) mass is 436 g/mol. The molecule has 2 heterocycles. The molecule has 0 saturated carbocycles. The molecule has 1 aromatic heterocycles. The number of carbonyl (C=O) groups is 3. The largest absolute Gasteiger partial charge is 0.333 e. The molecule has 0 spiro atoms. The SMILES string of the molecule is CCc1ccc(N(C)C(=O)CN2CCCC(C)(C)C2=O)cc1CC(=O)Nc1ccccn1. The molecular weight excluding hydrogens is 404 g/mol. The number of carbonyl (C=O) groups excluding carboxylic acids is 3. The summed E-state index contributed by atoms with van der Waals surface area (Å²) in [5.41, 5.74) is 2.21. The number of pyridine rings is 1. The van der Waals surface area contributed by atoms with Gasteiger partial charge in [0.25, 0.3) is 0 Å². The van der Waals surface area contributed by atoms with Gasteiger partial charge in [-0.25, -0.2) is 4.98 Å². The molecule has 0 aliphatic carbocycles. The minimum atomic E-state index is -0.423. The van der Waals surface area contributed by atoms with Gasteiger partial charge in [0, 0.05) is 30.9 Å². The molecule has 7 heteroatoms. The minimum absolute atomic E-state index is 0.0266. The summed E-state index contributed by atoms with van der Waals surface area (Å²) in [5.74, 6) is 0.224. The number of hydrogen-bond acceptors (Lipinski definition) is 4. The zero-order valence-corrected chi connectivity index (χ0v) is 19.4. The van der Waals surface area contributed by atoms with Crippen LogP contribution in [-0.2, 0) is 27.2 Å². The number of hydrogen-bond donors (Lipinski definition) is 1. The van der Waals surface area contributed by atoms with E-state index in [-0.39, 0.29) is 30.7 Å². The maximum atomic E-state index is 12.9. The summed E-state index contributed by atoms with van der Waals surface area (Å²) in [6.07, 6.45) is 4.34. The highest BCUT2D eigenvalue weighted by Gasteiger charge is 2.36. The molecule has 0 unspecified atom stereocenters. The van der Waals surface area contributed by atoms with Gasteiger partial charge in [0.05, 0.1) is 6.42 Å². The van der Waals surface area contributed by atoms with Crippen LogP contribution in [0.25, 0.3) is 0 Å². The number of aromatic nitrogens is 1. The van der Waals surface area contributed by atoms with Gasteiger partial charge in [-0.1, -0.05) is 32.9 Å². The molecule has 170 valence electrons. The molecule has 7 nitrogen and oxygen atoms in total. The first-order valence-electron chi connectivity index (χ1n) is 11.1. The molecule has 1 saturated heterocycles. The van der Waals surface area contributed by atoms with Crippen LogP contribution in [0, 0.1) is 5.41 Å². The van der Waals surface area contributed by atoms with Crippen LogP contribution in [0.15, 0.2) is 42.6 Å². The Kier molecular flexibility index (Phi) is 7.28. The lowest BCUT2D eigenvalue weighted by molar-refractivity contribution is -0.146. The van der Waals surface area contributed by atoms with E-state index in [1.54, 1.807) is 35.2 Å². The van der Waals surface area contributed by atoms with Crippen LogP contribution in [0.3, 0.4) is 0 Å². The Labute approximate surface area is 189 Å². The Morgan fingerprint density at radius 2 is 1.97 bits per heavy atom. The van der Waals surface area contributed by atoms with Crippen LogP contribution >= 0.6 is 0 Å². The van der Waals surface area contributed by atoms with E-state index < -0.39 is 5.41 Å². The summed E-state index contributed by atoms with van der Waals surface area (Å²) in [6, 6.07) is 11.1. The predicted octanol–water partition coefficient (Wildman–Crippen LogP) is 3.44. The minimum Gasteiger partial charge on any atom is -0.333 e. The van der Waals surface area contributed by atoms with E-state index >= 15 is 0 Å². The molecule has 1 aliphatic rings. The molecular formula is C25H32N4O3. The van der Waals surface area contributed by atoms with Gasteiger partial charge in [-0.15, -0.1) is 0 Å². The molecule has 1 fully saturated rings. The Morgan fingerprint density at radius 1 is 1.19 bits per heavy atom. The van der Waals surface area contributed by atoms with Crippen molar-refractivity contribution in [3.63, 3.8) is 0 Å². The van der Waals surface area contributed by atoms with Crippen LogP contribution < -0.4 is 10.2 Å². The molecule has 1 aliphatic heterocycles. The van der Waals surface area contributed by atoms with Crippen molar-refractivity contribution in [1.82, 2.24) is 9.88 Å². The zero-order chi connectivity index (χ0) is 23.3. The zero-order valence-electron chi connectivity index (χ0n) is 19.4. The summed E-state index contributed by atoms with van der Waals surface area (Å²) >= 11 is 0. The van der Waals surface area contributed by atoms with E-state index in [0.717, 1.165) is 30.4 Å². The second-order valence-corrected chi connectivity index (χ2v) is 8.91. The fourth-order valence-electron chi connectivity index (χ4n) is 4.04. The van der Waals surface area contributed by atoms with Gasteiger partial charge >= 0.3 is 0 Å². The third-order valence-electron chi connectivity index (χ3n) is 6.04. The highest BCUT2D eigenvalue weighted by molar-refractivity contribution is 5.97. The van der Waals surface area contributed by atoms with Crippen molar-refractivity contribution < 1.29 is 14.4 Å². The molecule has 0 atom stereocenters. The van der Waals surface area contributed by atoms with E-state index in [2.05, 4.69) is 10.3 Å². The van der Waals surface area contributed by atoms with Gasteiger partial charge in [-0.2, -0.15) is 0 Å². The second kappa shape index (κ2) is 9.94. The number of rotatable bonds is 7. The quantitative estimate of drug-likeness (QED) is 0.721. The topological polar surface area (TPSA) is 82.6 Å². The summed E-state index contributed by atoms with van der Waals surface area (Å²) < 4.78 is 0. The number of aryl methyl sites for hydroxylation is 1. The van der Waals surface area contributed by atoms with Crippen molar-refractivity contribution in [2.24, 2.45) is 5.41 Å². The summed E-state index contributed by atoms with van der Waals surface area (Å²) in [6.45, 7) is 6.57. The lowest BCUT2D eigenvalue weighted by Gasteiger charge is -2.37. The molecule has 1 aromatic carbocycles. The molecule has 3 rings (SSSR count). The standard InChI is InChI=1S/C25H32N4O3/c1-5-18-10-11-20(15-19(18)16-22(30)27-21-9-6-7-13-26-21)28(4)23(31)17-29-14-8-12-25(2,3)24(29)32/h6-7,9-11,13,15H,5,8,12,14,16-17H2,1-4H3,(H,26,27,30). The smallest absolute Gasteiger partial charge is 0.246 e. The normalized spacial score (nSPS) is 15.4. The van der Waals surface area contributed by atoms with Gasteiger partial charge in [-0.3, -0.25) is 14.4 Å². The van der Waals surface area contributed by atoms with E-state index in [1.165, 1.54) is 0 Å². The number of piperidine rings is 1. The van der Waals surface area contributed by atoms with Gasteiger partial charge in [0.15, 0.2) is 0 Å². The van der Waals surface area contributed by atoms with Crippen molar-refractivity contribution in [2.75, 3.05) is 30.4 Å². The van der Waals surface area contributed by atoms with E-state index in [1.807, 2.05) is 45.0 Å². The first kappa shape index (κ1) is 23.4.